The molecule has 0 radical (unpaired) electrons. The number of hydrogen-bond acceptors (Lipinski definition) is 2. The van der Waals surface area contributed by atoms with Crippen LogP contribution in [0.4, 0.5) is 23.7 Å². The van der Waals surface area contributed by atoms with Crippen LogP contribution in [0.2, 0.25) is 0 Å². The van der Waals surface area contributed by atoms with Gasteiger partial charge in [-0.2, -0.15) is 13.2 Å². The van der Waals surface area contributed by atoms with Crippen LogP contribution in [0.15, 0.2) is 24.3 Å². The van der Waals surface area contributed by atoms with Crippen molar-refractivity contribution in [3.05, 3.63) is 24.3 Å². The second kappa shape index (κ2) is 7.02. The second-order valence-electron chi connectivity index (χ2n) is 4.03. The highest BCUT2D eigenvalue weighted by atomic mass is 19.4. The lowest BCUT2D eigenvalue weighted by Gasteiger charge is -2.19. The Morgan fingerprint density at radius 3 is 2.50 bits per heavy atom. The van der Waals surface area contributed by atoms with E-state index in [2.05, 4.69) is 10.1 Å². The number of amides is 2. The number of ether oxygens (including phenoxy) is 1. The predicted octanol–water partition coefficient (Wildman–Crippen LogP) is 3.50. The average Bonchev–Trinajstić information content (AvgIpc) is 2.37. The van der Waals surface area contributed by atoms with Crippen LogP contribution in [0.3, 0.4) is 0 Å². The molecule has 4 nitrogen and oxygen atoms in total. The Bertz CT molecular complexity index is 445. The van der Waals surface area contributed by atoms with Gasteiger partial charge in [0.05, 0.1) is 0 Å². The van der Waals surface area contributed by atoms with Crippen LogP contribution in [0, 0.1) is 0 Å². The van der Waals surface area contributed by atoms with Gasteiger partial charge in [0.2, 0.25) is 0 Å². The third-order valence-electron chi connectivity index (χ3n) is 2.54. The van der Waals surface area contributed by atoms with Crippen molar-refractivity contribution in [1.29, 1.82) is 0 Å². The van der Waals surface area contributed by atoms with Crippen molar-refractivity contribution in [2.24, 2.45) is 0 Å². The number of benzene rings is 1. The number of carbonyl (C=O) groups excluding carboxylic acids is 1. The summed E-state index contributed by atoms with van der Waals surface area (Å²) >= 11 is 0. The van der Waals surface area contributed by atoms with Gasteiger partial charge in [0.25, 0.3) is 0 Å². The highest BCUT2D eigenvalue weighted by molar-refractivity contribution is 5.89. The summed E-state index contributed by atoms with van der Waals surface area (Å²) in [5.74, 6) is 0.0553. The molecule has 0 bridgehead atoms. The maximum absolute atomic E-state index is 12.0. The summed E-state index contributed by atoms with van der Waals surface area (Å²) in [6, 6.07) is 5.56. The lowest BCUT2D eigenvalue weighted by molar-refractivity contribution is -0.153. The van der Waals surface area contributed by atoms with Crippen molar-refractivity contribution in [3.8, 4) is 5.75 Å². The largest absolute Gasteiger partial charge is 0.484 e. The molecule has 0 spiro atoms. The average molecular weight is 290 g/mol. The van der Waals surface area contributed by atoms with Crippen molar-refractivity contribution < 1.29 is 22.7 Å². The molecule has 0 aromatic heterocycles. The molecule has 2 amide bonds. The molecule has 0 heterocycles. The first-order valence-electron chi connectivity index (χ1n) is 6.21. The quantitative estimate of drug-likeness (QED) is 0.901. The Labute approximate surface area is 115 Å². The topological polar surface area (TPSA) is 41.6 Å². The van der Waals surface area contributed by atoms with Crippen LogP contribution < -0.4 is 10.1 Å². The second-order valence-corrected chi connectivity index (χ2v) is 4.03. The number of carbonyl (C=O) groups is 1. The zero-order chi connectivity index (χ0) is 15.2. The fraction of sp³-hybridized carbons (Fsp3) is 0.462. The van der Waals surface area contributed by atoms with Gasteiger partial charge in [-0.05, 0) is 26.0 Å². The number of halogens is 3. The van der Waals surface area contributed by atoms with E-state index in [9.17, 15) is 18.0 Å². The molecule has 0 aliphatic rings. The zero-order valence-electron chi connectivity index (χ0n) is 11.3. The molecule has 0 fully saturated rings. The standard InChI is InChI=1S/C13H17F3N2O2/c1-3-18(4-2)12(19)17-10-6-5-7-11(8-10)20-9-13(14,15)16/h5-8H,3-4,9H2,1-2H3,(H,17,19). The van der Waals surface area contributed by atoms with Gasteiger partial charge < -0.3 is 15.0 Å². The molecule has 1 aromatic carbocycles. The van der Waals surface area contributed by atoms with Crippen molar-refractivity contribution in [3.63, 3.8) is 0 Å². The third kappa shape index (κ3) is 5.38. The van der Waals surface area contributed by atoms with E-state index in [1.54, 1.807) is 11.0 Å². The molecule has 7 heteroatoms. The minimum Gasteiger partial charge on any atom is -0.484 e. The third-order valence-corrected chi connectivity index (χ3v) is 2.54. The van der Waals surface area contributed by atoms with Gasteiger partial charge in [0.15, 0.2) is 6.61 Å². The summed E-state index contributed by atoms with van der Waals surface area (Å²) < 4.78 is 40.8. The number of alkyl halides is 3. The van der Waals surface area contributed by atoms with Crippen molar-refractivity contribution in [2.75, 3.05) is 25.0 Å². The maximum atomic E-state index is 12.0. The van der Waals surface area contributed by atoms with E-state index >= 15 is 0 Å². The van der Waals surface area contributed by atoms with E-state index < -0.39 is 12.8 Å². The molecule has 1 aromatic rings. The van der Waals surface area contributed by atoms with Crippen LogP contribution in [0.25, 0.3) is 0 Å². The first-order chi connectivity index (χ1) is 9.35. The Hall–Kier alpha value is -1.92. The van der Waals surface area contributed by atoms with Gasteiger partial charge in [0.1, 0.15) is 5.75 Å². The van der Waals surface area contributed by atoms with Crippen LogP contribution in [-0.4, -0.2) is 36.8 Å². The summed E-state index contributed by atoms with van der Waals surface area (Å²) in [5.41, 5.74) is 0.390. The van der Waals surface area contributed by atoms with Gasteiger partial charge in [0, 0.05) is 24.8 Å². The van der Waals surface area contributed by atoms with Gasteiger partial charge >= 0.3 is 12.2 Å². The molecule has 0 aliphatic carbocycles. The van der Waals surface area contributed by atoms with E-state index in [-0.39, 0.29) is 11.8 Å². The van der Waals surface area contributed by atoms with E-state index in [4.69, 9.17) is 0 Å². The smallest absolute Gasteiger partial charge is 0.422 e. The molecular formula is C13H17F3N2O2. The number of nitrogens with zero attached hydrogens (tertiary/aromatic N) is 1. The van der Waals surface area contributed by atoms with Crippen molar-refractivity contribution in [1.82, 2.24) is 4.90 Å². The first-order valence-corrected chi connectivity index (χ1v) is 6.21. The number of rotatable bonds is 5. The Balaban J connectivity index is 2.66. The molecule has 0 saturated heterocycles. The number of hydrogen-bond donors (Lipinski definition) is 1. The van der Waals surface area contributed by atoms with E-state index in [0.717, 1.165) is 0 Å². The van der Waals surface area contributed by atoms with Crippen LogP contribution in [-0.2, 0) is 0 Å². The normalized spacial score (nSPS) is 11.1. The molecule has 20 heavy (non-hydrogen) atoms. The predicted molar refractivity (Wildman–Crippen MR) is 69.9 cm³/mol. The lowest BCUT2D eigenvalue weighted by Crippen LogP contribution is -2.34. The Morgan fingerprint density at radius 1 is 1.30 bits per heavy atom. The number of nitrogens with one attached hydrogen (secondary N) is 1. The number of urea groups is 1. The zero-order valence-corrected chi connectivity index (χ0v) is 11.3. The lowest BCUT2D eigenvalue weighted by atomic mass is 10.3. The van der Waals surface area contributed by atoms with Gasteiger partial charge in [-0.3, -0.25) is 0 Å². The summed E-state index contributed by atoms with van der Waals surface area (Å²) in [5, 5.41) is 2.61. The van der Waals surface area contributed by atoms with Crippen molar-refractivity contribution in [2.45, 2.75) is 20.0 Å². The molecule has 1 N–H and O–H groups in total. The SMILES string of the molecule is CCN(CC)C(=O)Nc1cccc(OCC(F)(F)F)c1. The molecule has 112 valence electrons. The van der Waals surface area contributed by atoms with Crippen molar-refractivity contribution >= 4 is 11.7 Å². The van der Waals surface area contributed by atoms with Crippen LogP contribution >= 0.6 is 0 Å². The van der Waals surface area contributed by atoms with E-state index in [0.29, 0.717) is 18.8 Å². The highest BCUT2D eigenvalue weighted by Gasteiger charge is 2.28. The van der Waals surface area contributed by atoms with Gasteiger partial charge in [-0.25, -0.2) is 4.79 Å². The maximum Gasteiger partial charge on any atom is 0.422 e. The minimum atomic E-state index is -4.39. The first kappa shape index (κ1) is 16.1. The Morgan fingerprint density at radius 2 is 1.95 bits per heavy atom. The molecule has 0 unspecified atom stereocenters. The fourth-order valence-electron chi connectivity index (χ4n) is 1.54. The van der Waals surface area contributed by atoms with Gasteiger partial charge in [-0.1, -0.05) is 6.07 Å². The van der Waals surface area contributed by atoms with E-state index in [1.165, 1.54) is 18.2 Å². The summed E-state index contributed by atoms with van der Waals surface area (Å²) in [4.78, 5) is 13.4. The van der Waals surface area contributed by atoms with Gasteiger partial charge in [-0.15, -0.1) is 0 Å². The van der Waals surface area contributed by atoms with Crippen LogP contribution in [0.1, 0.15) is 13.8 Å². The fourth-order valence-corrected chi connectivity index (χ4v) is 1.54. The minimum absolute atomic E-state index is 0.0553. The van der Waals surface area contributed by atoms with Crippen LogP contribution in [0.5, 0.6) is 5.75 Å². The monoisotopic (exact) mass is 290 g/mol. The van der Waals surface area contributed by atoms with E-state index in [1.807, 2.05) is 13.8 Å². The molecular weight excluding hydrogens is 273 g/mol. The molecule has 0 aliphatic heterocycles. The highest BCUT2D eigenvalue weighted by Crippen LogP contribution is 2.21. The molecule has 0 saturated carbocycles. The number of anilines is 1. The summed E-state index contributed by atoms with van der Waals surface area (Å²) in [6.45, 7) is 3.41. The molecule has 1 rings (SSSR count). The molecule has 0 atom stereocenters. The summed E-state index contributed by atoms with van der Waals surface area (Å²) in [6.07, 6.45) is -4.39. The summed E-state index contributed by atoms with van der Waals surface area (Å²) in [7, 11) is 0. The Kier molecular flexibility index (Phi) is 5.66.